The molecule has 1 aliphatic rings. The quantitative estimate of drug-likeness (QED) is 0.810. The van der Waals surface area contributed by atoms with E-state index in [-0.39, 0.29) is 6.10 Å². The highest BCUT2D eigenvalue weighted by Crippen LogP contribution is 2.31. The third kappa shape index (κ3) is 2.93. The molecule has 4 heteroatoms. The van der Waals surface area contributed by atoms with E-state index in [9.17, 15) is 0 Å². The first kappa shape index (κ1) is 12.7. The number of nitrogens with zero attached hydrogens (tertiary/aromatic N) is 1. The fourth-order valence-electron chi connectivity index (χ4n) is 2.14. The maximum Gasteiger partial charge on any atom is 0.0721 e. The molecule has 94 valence electrons. The highest BCUT2D eigenvalue weighted by Gasteiger charge is 2.17. The topological polar surface area (TPSA) is 38.5 Å². The lowest BCUT2D eigenvalue weighted by Crippen LogP contribution is -2.30. The molecule has 0 spiro atoms. The van der Waals surface area contributed by atoms with Gasteiger partial charge in [-0.2, -0.15) is 0 Å². The van der Waals surface area contributed by atoms with Crippen molar-refractivity contribution in [2.24, 2.45) is 0 Å². The molecule has 1 atom stereocenters. The molecule has 1 unspecified atom stereocenters. The first-order valence-electron chi connectivity index (χ1n) is 6.00. The number of hydrogen-bond acceptors (Lipinski definition) is 3. The summed E-state index contributed by atoms with van der Waals surface area (Å²) in [5, 5.41) is 0. The molecule has 0 amide bonds. The lowest BCUT2D eigenvalue weighted by molar-refractivity contribution is 0.0821. The zero-order chi connectivity index (χ0) is 12.4. The molecular weight excluding hydrogens is 280 g/mol. The highest BCUT2D eigenvalue weighted by molar-refractivity contribution is 9.10. The van der Waals surface area contributed by atoms with E-state index in [2.05, 4.69) is 33.8 Å². The van der Waals surface area contributed by atoms with Gasteiger partial charge in [-0.05, 0) is 53.9 Å². The van der Waals surface area contributed by atoms with Gasteiger partial charge in [0, 0.05) is 29.9 Å². The van der Waals surface area contributed by atoms with Gasteiger partial charge in [0.25, 0.3) is 0 Å². The van der Waals surface area contributed by atoms with E-state index in [1.54, 1.807) is 0 Å². The van der Waals surface area contributed by atoms with Gasteiger partial charge in [-0.1, -0.05) is 0 Å². The molecular formula is C13H19BrN2O. The molecule has 0 saturated carbocycles. The molecule has 0 radical (unpaired) electrons. The number of nitrogen functional groups attached to an aromatic ring is 1. The van der Waals surface area contributed by atoms with Crippen LogP contribution in [-0.2, 0) is 4.74 Å². The number of halogens is 1. The van der Waals surface area contributed by atoms with Crippen molar-refractivity contribution in [3.8, 4) is 0 Å². The second kappa shape index (κ2) is 5.27. The molecule has 17 heavy (non-hydrogen) atoms. The summed E-state index contributed by atoms with van der Waals surface area (Å²) in [4.78, 5) is 2.37. The van der Waals surface area contributed by atoms with Crippen LogP contribution >= 0.6 is 15.9 Å². The van der Waals surface area contributed by atoms with Crippen LogP contribution in [0.5, 0.6) is 0 Å². The second-order valence-corrected chi connectivity index (χ2v) is 5.50. The summed E-state index contributed by atoms with van der Waals surface area (Å²) in [5.74, 6) is 0. The van der Waals surface area contributed by atoms with Gasteiger partial charge in [-0.15, -0.1) is 0 Å². The lowest BCUT2D eigenvalue weighted by Gasteiger charge is -2.26. The monoisotopic (exact) mass is 298 g/mol. The fraction of sp³-hybridized carbons (Fsp3) is 0.538. The maximum absolute atomic E-state index is 5.90. The third-order valence-electron chi connectivity index (χ3n) is 3.13. The number of rotatable bonds is 1. The van der Waals surface area contributed by atoms with Gasteiger partial charge in [-0.25, -0.2) is 0 Å². The lowest BCUT2D eigenvalue weighted by atomic mass is 10.1. The Morgan fingerprint density at radius 3 is 3.00 bits per heavy atom. The minimum atomic E-state index is 0.280. The van der Waals surface area contributed by atoms with Crippen LogP contribution in [0.1, 0.15) is 18.9 Å². The molecule has 1 aromatic carbocycles. The number of anilines is 2. The Hall–Kier alpha value is -0.740. The zero-order valence-corrected chi connectivity index (χ0v) is 12.0. The zero-order valence-electron chi connectivity index (χ0n) is 10.4. The first-order chi connectivity index (χ1) is 8.08. The largest absolute Gasteiger partial charge is 0.398 e. The molecule has 3 nitrogen and oxygen atoms in total. The van der Waals surface area contributed by atoms with Crippen LogP contribution in [0, 0.1) is 6.92 Å². The Bertz CT molecular complexity index is 409. The van der Waals surface area contributed by atoms with E-state index in [1.165, 1.54) is 5.69 Å². The van der Waals surface area contributed by atoms with Crippen molar-refractivity contribution in [2.45, 2.75) is 26.4 Å². The van der Waals surface area contributed by atoms with Gasteiger partial charge < -0.3 is 15.4 Å². The smallest absolute Gasteiger partial charge is 0.0721 e. The van der Waals surface area contributed by atoms with Crippen LogP contribution in [0.4, 0.5) is 11.4 Å². The van der Waals surface area contributed by atoms with Gasteiger partial charge >= 0.3 is 0 Å². The van der Waals surface area contributed by atoms with Crippen molar-refractivity contribution in [2.75, 3.05) is 30.3 Å². The Kier molecular flexibility index (Phi) is 3.94. The Morgan fingerprint density at radius 1 is 1.47 bits per heavy atom. The summed E-state index contributed by atoms with van der Waals surface area (Å²) < 4.78 is 6.73. The molecule has 1 fully saturated rings. The molecule has 1 heterocycles. The van der Waals surface area contributed by atoms with E-state index < -0.39 is 0 Å². The van der Waals surface area contributed by atoms with Crippen molar-refractivity contribution in [3.05, 3.63) is 22.2 Å². The van der Waals surface area contributed by atoms with Crippen molar-refractivity contribution in [1.82, 2.24) is 0 Å². The maximum atomic E-state index is 5.90. The van der Waals surface area contributed by atoms with E-state index in [0.717, 1.165) is 41.8 Å². The summed E-state index contributed by atoms with van der Waals surface area (Å²) in [6, 6.07) is 4.14. The highest BCUT2D eigenvalue weighted by atomic mass is 79.9. The normalized spacial score (nSPS) is 21.4. The SMILES string of the molecule is Cc1cc(N2CCCOC(C)C2)c(Br)cc1N. The average Bonchev–Trinajstić information content (AvgIpc) is 2.48. The second-order valence-electron chi connectivity index (χ2n) is 4.64. The average molecular weight is 299 g/mol. The van der Waals surface area contributed by atoms with Crippen LogP contribution < -0.4 is 10.6 Å². The first-order valence-corrected chi connectivity index (χ1v) is 6.79. The molecule has 0 bridgehead atoms. The van der Waals surface area contributed by atoms with Gasteiger partial charge in [0.15, 0.2) is 0 Å². The summed E-state index contributed by atoms with van der Waals surface area (Å²) in [6.45, 7) is 6.98. The minimum absolute atomic E-state index is 0.280. The summed E-state index contributed by atoms with van der Waals surface area (Å²) in [5.41, 5.74) is 9.08. The van der Waals surface area contributed by atoms with E-state index in [0.29, 0.717) is 0 Å². The molecule has 2 rings (SSSR count). The Labute approximate surface area is 111 Å². The molecule has 2 N–H and O–H groups in total. The van der Waals surface area contributed by atoms with Crippen LogP contribution in [0.15, 0.2) is 16.6 Å². The number of hydrogen-bond donors (Lipinski definition) is 1. The third-order valence-corrected chi connectivity index (χ3v) is 3.76. The van der Waals surface area contributed by atoms with Crippen molar-refractivity contribution >= 4 is 27.3 Å². The van der Waals surface area contributed by atoms with E-state index in [1.807, 2.05) is 13.0 Å². The van der Waals surface area contributed by atoms with Gasteiger partial charge in [-0.3, -0.25) is 0 Å². The van der Waals surface area contributed by atoms with Crippen LogP contribution in [0.25, 0.3) is 0 Å². The summed E-state index contributed by atoms with van der Waals surface area (Å²) in [7, 11) is 0. The van der Waals surface area contributed by atoms with Gasteiger partial charge in [0.2, 0.25) is 0 Å². The molecule has 1 aromatic rings. The Morgan fingerprint density at radius 2 is 2.24 bits per heavy atom. The fourth-order valence-corrected chi connectivity index (χ4v) is 2.75. The predicted octanol–water partition coefficient (Wildman–Crippen LogP) is 2.95. The summed E-state index contributed by atoms with van der Waals surface area (Å²) in [6.07, 6.45) is 1.35. The standard InChI is InChI=1S/C13H19BrN2O/c1-9-6-13(11(14)7-12(9)15)16-4-3-5-17-10(2)8-16/h6-7,10H,3-5,8,15H2,1-2H3. The molecule has 0 aliphatic carbocycles. The van der Waals surface area contributed by atoms with Crippen LogP contribution in [-0.4, -0.2) is 25.8 Å². The minimum Gasteiger partial charge on any atom is -0.398 e. The predicted molar refractivity (Wildman–Crippen MR) is 75.5 cm³/mol. The van der Waals surface area contributed by atoms with Crippen molar-refractivity contribution < 1.29 is 4.74 Å². The van der Waals surface area contributed by atoms with Crippen LogP contribution in [0.3, 0.4) is 0 Å². The number of nitrogens with two attached hydrogens (primary N) is 1. The van der Waals surface area contributed by atoms with Crippen molar-refractivity contribution in [3.63, 3.8) is 0 Å². The van der Waals surface area contributed by atoms with Gasteiger partial charge in [0.05, 0.1) is 11.8 Å². The van der Waals surface area contributed by atoms with Crippen LogP contribution in [0.2, 0.25) is 0 Å². The Balaban J connectivity index is 2.28. The number of benzene rings is 1. The molecule has 1 aliphatic heterocycles. The van der Waals surface area contributed by atoms with E-state index in [4.69, 9.17) is 10.5 Å². The van der Waals surface area contributed by atoms with Crippen molar-refractivity contribution in [1.29, 1.82) is 0 Å². The van der Waals surface area contributed by atoms with Gasteiger partial charge in [0.1, 0.15) is 0 Å². The number of ether oxygens (including phenoxy) is 1. The van der Waals surface area contributed by atoms with E-state index >= 15 is 0 Å². The molecule has 0 aromatic heterocycles. The number of aryl methyl sites for hydroxylation is 1. The summed E-state index contributed by atoms with van der Waals surface area (Å²) >= 11 is 3.60. The molecule has 1 saturated heterocycles.